The van der Waals surface area contributed by atoms with E-state index in [-0.39, 0.29) is 11.3 Å². The number of nitro groups is 1. The van der Waals surface area contributed by atoms with Crippen LogP contribution in [0.2, 0.25) is 0 Å². The van der Waals surface area contributed by atoms with Gasteiger partial charge >= 0.3 is 11.8 Å². The number of amides is 3. The van der Waals surface area contributed by atoms with Gasteiger partial charge in [-0.25, -0.2) is 4.79 Å². The van der Waals surface area contributed by atoms with Crippen LogP contribution >= 0.6 is 0 Å². The molecule has 0 aromatic carbocycles. The Morgan fingerprint density at radius 2 is 1.82 bits per heavy atom. The molecule has 0 unspecified atom stereocenters. The van der Waals surface area contributed by atoms with Crippen molar-refractivity contribution in [2.75, 3.05) is 6.61 Å². The standard InChI is InChI=1S/C19H24N4O5/c1-11-2-3-15(17(20-11)23(26)27)28-10-16(24)21-18(25)22-19-7-12-4-13(8-19)6-14(5-12)9-19/h2-3,12-14H,4-10H2,1H3,(H2,21,22,24,25). The van der Waals surface area contributed by atoms with Crippen LogP contribution in [0, 0.1) is 34.8 Å². The molecule has 4 bridgehead atoms. The number of pyridine rings is 1. The zero-order valence-electron chi connectivity index (χ0n) is 15.8. The third-order valence-electron chi connectivity index (χ3n) is 6.18. The fourth-order valence-electron chi connectivity index (χ4n) is 5.62. The molecule has 0 spiro atoms. The summed E-state index contributed by atoms with van der Waals surface area (Å²) < 4.78 is 5.21. The number of nitrogens with one attached hydrogen (secondary N) is 2. The number of carbonyl (C=O) groups is 2. The minimum atomic E-state index is -0.667. The third-order valence-corrected chi connectivity index (χ3v) is 6.18. The fraction of sp³-hybridized carbons (Fsp3) is 0.632. The van der Waals surface area contributed by atoms with E-state index in [1.807, 2.05) is 0 Å². The summed E-state index contributed by atoms with van der Waals surface area (Å²) in [6, 6.07) is 2.43. The summed E-state index contributed by atoms with van der Waals surface area (Å²) in [7, 11) is 0. The molecule has 4 saturated carbocycles. The first-order chi connectivity index (χ1) is 13.3. The monoisotopic (exact) mass is 388 g/mol. The molecule has 0 saturated heterocycles. The van der Waals surface area contributed by atoms with Gasteiger partial charge in [-0.05, 0) is 78.3 Å². The maximum Gasteiger partial charge on any atom is 0.406 e. The molecule has 4 aliphatic carbocycles. The van der Waals surface area contributed by atoms with Crippen LogP contribution in [0.4, 0.5) is 10.6 Å². The van der Waals surface area contributed by atoms with Gasteiger partial charge in [0.2, 0.25) is 5.75 Å². The van der Waals surface area contributed by atoms with Crippen molar-refractivity contribution in [2.45, 2.75) is 51.0 Å². The average Bonchev–Trinajstić information content (AvgIpc) is 2.58. The number of nitrogens with zero attached hydrogens (tertiary/aromatic N) is 2. The first kappa shape index (κ1) is 18.6. The topological polar surface area (TPSA) is 123 Å². The number of urea groups is 1. The molecule has 1 aromatic heterocycles. The molecule has 0 radical (unpaired) electrons. The second-order valence-electron chi connectivity index (χ2n) is 8.52. The summed E-state index contributed by atoms with van der Waals surface area (Å²) in [5.74, 6) is 0.829. The number of rotatable bonds is 5. The van der Waals surface area contributed by atoms with Crippen LogP contribution in [0.5, 0.6) is 5.75 Å². The average molecular weight is 388 g/mol. The van der Waals surface area contributed by atoms with Crippen LogP contribution in [0.25, 0.3) is 0 Å². The van der Waals surface area contributed by atoms with Crippen molar-refractivity contribution >= 4 is 17.8 Å². The summed E-state index contributed by atoms with van der Waals surface area (Å²) in [6.07, 6.45) is 6.74. The van der Waals surface area contributed by atoms with Gasteiger partial charge in [0.05, 0.1) is 0 Å². The minimum absolute atomic E-state index is 0.104. The van der Waals surface area contributed by atoms with Crippen LogP contribution in [-0.2, 0) is 4.79 Å². The van der Waals surface area contributed by atoms with Crippen LogP contribution < -0.4 is 15.4 Å². The van der Waals surface area contributed by atoms with E-state index in [0.29, 0.717) is 23.4 Å². The summed E-state index contributed by atoms with van der Waals surface area (Å²) in [4.78, 5) is 38.6. The van der Waals surface area contributed by atoms with Crippen LogP contribution in [0.15, 0.2) is 12.1 Å². The Hall–Kier alpha value is -2.71. The Bertz CT molecular complexity index is 789. The van der Waals surface area contributed by atoms with Crippen molar-refractivity contribution in [1.29, 1.82) is 0 Å². The SMILES string of the molecule is Cc1ccc(OCC(=O)NC(=O)NC23CC4CC(CC(C4)C2)C3)c([N+](=O)[O-])n1. The van der Waals surface area contributed by atoms with E-state index < -0.39 is 29.3 Å². The lowest BCUT2D eigenvalue weighted by Gasteiger charge is -2.56. The molecule has 3 amide bonds. The van der Waals surface area contributed by atoms with Crippen LogP contribution in [0.3, 0.4) is 0 Å². The number of hydrogen-bond acceptors (Lipinski definition) is 6. The number of imide groups is 1. The molecule has 0 aliphatic heterocycles. The van der Waals surface area contributed by atoms with Gasteiger partial charge in [-0.2, -0.15) is 0 Å². The van der Waals surface area contributed by atoms with E-state index in [1.165, 1.54) is 25.3 Å². The van der Waals surface area contributed by atoms with Crippen molar-refractivity contribution in [2.24, 2.45) is 17.8 Å². The zero-order chi connectivity index (χ0) is 19.9. The molecule has 2 N–H and O–H groups in total. The lowest BCUT2D eigenvalue weighted by atomic mass is 9.53. The Labute approximate surface area is 162 Å². The van der Waals surface area contributed by atoms with Crippen molar-refractivity contribution in [3.63, 3.8) is 0 Å². The molecule has 1 aromatic rings. The van der Waals surface area contributed by atoms with Gasteiger partial charge in [0, 0.05) is 12.5 Å². The van der Waals surface area contributed by atoms with Gasteiger partial charge in [-0.3, -0.25) is 10.1 Å². The molecule has 5 rings (SSSR count). The van der Waals surface area contributed by atoms with Crippen molar-refractivity contribution in [3.05, 3.63) is 27.9 Å². The second kappa shape index (κ2) is 7.03. The summed E-state index contributed by atoms with van der Waals surface area (Å²) in [5, 5.41) is 16.4. The van der Waals surface area contributed by atoms with Gasteiger partial charge in [0.25, 0.3) is 5.91 Å². The zero-order valence-corrected chi connectivity index (χ0v) is 15.8. The third kappa shape index (κ3) is 3.79. The molecule has 0 atom stereocenters. The molecule has 28 heavy (non-hydrogen) atoms. The number of hydrogen-bond donors (Lipinski definition) is 2. The maximum absolute atomic E-state index is 12.4. The smallest absolute Gasteiger partial charge is 0.406 e. The number of aryl methyl sites for hydroxylation is 1. The summed E-state index contributed by atoms with van der Waals surface area (Å²) in [5.41, 5.74) is 0.276. The predicted molar refractivity (Wildman–Crippen MR) is 98.7 cm³/mol. The first-order valence-corrected chi connectivity index (χ1v) is 9.69. The highest BCUT2D eigenvalue weighted by atomic mass is 16.6. The van der Waals surface area contributed by atoms with E-state index in [2.05, 4.69) is 15.6 Å². The van der Waals surface area contributed by atoms with Crippen molar-refractivity contribution in [1.82, 2.24) is 15.6 Å². The fourth-order valence-corrected chi connectivity index (χ4v) is 5.62. The van der Waals surface area contributed by atoms with E-state index in [9.17, 15) is 19.7 Å². The minimum Gasteiger partial charge on any atom is -0.476 e. The quantitative estimate of drug-likeness (QED) is 0.590. The number of ether oxygens (including phenoxy) is 1. The highest BCUT2D eigenvalue weighted by molar-refractivity contribution is 5.95. The molecular weight excluding hydrogens is 364 g/mol. The van der Waals surface area contributed by atoms with Gasteiger partial charge in [0.15, 0.2) is 6.61 Å². The largest absolute Gasteiger partial charge is 0.476 e. The van der Waals surface area contributed by atoms with Gasteiger partial charge in [0.1, 0.15) is 5.69 Å². The van der Waals surface area contributed by atoms with Gasteiger partial charge in [-0.1, -0.05) is 0 Å². The molecule has 150 valence electrons. The second-order valence-corrected chi connectivity index (χ2v) is 8.52. The maximum atomic E-state index is 12.4. The number of carbonyl (C=O) groups excluding carboxylic acids is 2. The molecule has 9 nitrogen and oxygen atoms in total. The molecule has 4 fully saturated rings. The molecule has 4 aliphatic rings. The lowest BCUT2D eigenvalue weighted by molar-refractivity contribution is -0.390. The number of aromatic nitrogens is 1. The van der Waals surface area contributed by atoms with E-state index in [0.717, 1.165) is 19.3 Å². The van der Waals surface area contributed by atoms with Crippen molar-refractivity contribution < 1.29 is 19.2 Å². The highest BCUT2D eigenvalue weighted by Crippen LogP contribution is 2.55. The normalized spacial score (nSPS) is 30.0. The first-order valence-electron chi connectivity index (χ1n) is 9.69. The predicted octanol–water partition coefficient (Wildman–Crippen LogP) is 2.47. The Kier molecular flexibility index (Phi) is 4.68. The Balaban J connectivity index is 1.31. The summed E-state index contributed by atoms with van der Waals surface area (Å²) >= 11 is 0. The summed E-state index contributed by atoms with van der Waals surface area (Å²) in [6.45, 7) is 1.12. The molecular formula is C19H24N4O5. The molecule has 1 heterocycles. The van der Waals surface area contributed by atoms with E-state index in [1.54, 1.807) is 13.0 Å². The van der Waals surface area contributed by atoms with Crippen molar-refractivity contribution in [3.8, 4) is 5.75 Å². The Morgan fingerprint density at radius 3 is 2.39 bits per heavy atom. The van der Waals surface area contributed by atoms with E-state index in [4.69, 9.17) is 4.74 Å². The van der Waals surface area contributed by atoms with E-state index >= 15 is 0 Å². The lowest BCUT2D eigenvalue weighted by Crippen LogP contribution is -2.62. The van der Waals surface area contributed by atoms with Gasteiger partial charge < -0.3 is 20.2 Å². The Morgan fingerprint density at radius 1 is 1.21 bits per heavy atom. The van der Waals surface area contributed by atoms with Gasteiger partial charge in [-0.15, -0.1) is 0 Å². The highest BCUT2D eigenvalue weighted by Gasteiger charge is 2.51. The van der Waals surface area contributed by atoms with Crippen LogP contribution in [0.1, 0.15) is 44.2 Å². The van der Waals surface area contributed by atoms with Crippen LogP contribution in [-0.4, -0.2) is 34.0 Å². The molecule has 9 heteroatoms.